The molecular formula is C12H19N3O. The highest BCUT2D eigenvalue weighted by atomic mass is 16.5. The molecule has 0 spiro atoms. The fraction of sp³-hybridized carbons (Fsp3) is 0.750. The van der Waals surface area contributed by atoms with E-state index < -0.39 is 0 Å². The van der Waals surface area contributed by atoms with Crippen LogP contribution in [0.2, 0.25) is 0 Å². The number of nitrogens with one attached hydrogen (secondary N) is 1. The van der Waals surface area contributed by atoms with Crippen LogP contribution in [0.15, 0.2) is 10.6 Å². The maximum Gasteiger partial charge on any atom is 0.140 e. The number of hydrogen-bond donors (Lipinski definition) is 1. The van der Waals surface area contributed by atoms with Gasteiger partial charge in [-0.25, -0.2) is 0 Å². The zero-order valence-electron chi connectivity index (χ0n) is 9.61. The fourth-order valence-electron chi connectivity index (χ4n) is 2.21. The molecule has 1 saturated carbocycles. The van der Waals surface area contributed by atoms with Crippen molar-refractivity contribution in [2.24, 2.45) is 0 Å². The van der Waals surface area contributed by atoms with E-state index in [2.05, 4.69) is 21.4 Å². The van der Waals surface area contributed by atoms with Crippen molar-refractivity contribution in [3.05, 3.63) is 17.5 Å². The molecular weight excluding hydrogens is 202 g/mol. The quantitative estimate of drug-likeness (QED) is 0.823. The largest absolute Gasteiger partial charge is 0.361 e. The lowest BCUT2D eigenvalue weighted by atomic mass is 10.2. The maximum absolute atomic E-state index is 5.35. The molecule has 16 heavy (non-hydrogen) atoms. The van der Waals surface area contributed by atoms with Crippen molar-refractivity contribution in [1.82, 2.24) is 15.4 Å². The van der Waals surface area contributed by atoms with Crippen molar-refractivity contribution in [2.75, 3.05) is 32.7 Å². The summed E-state index contributed by atoms with van der Waals surface area (Å²) in [6.45, 7) is 5.66. The number of piperazine rings is 1. The van der Waals surface area contributed by atoms with E-state index in [1.165, 1.54) is 12.8 Å². The van der Waals surface area contributed by atoms with Gasteiger partial charge in [-0.3, -0.25) is 0 Å². The minimum Gasteiger partial charge on any atom is -0.361 e. The van der Waals surface area contributed by atoms with E-state index in [1.807, 2.05) is 0 Å². The molecule has 0 radical (unpaired) electrons. The fourth-order valence-corrected chi connectivity index (χ4v) is 2.21. The van der Waals surface area contributed by atoms with Gasteiger partial charge in [-0.2, -0.15) is 0 Å². The summed E-state index contributed by atoms with van der Waals surface area (Å²) in [6, 6.07) is 2.15. The third kappa shape index (κ3) is 2.44. The molecule has 2 heterocycles. The Kier molecular flexibility index (Phi) is 2.93. The SMILES string of the molecule is c1c(CCN2CCNCC2)noc1C1CC1. The van der Waals surface area contributed by atoms with Crippen LogP contribution in [0, 0.1) is 0 Å². The van der Waals surface area contributed by atoms with Crippen LogP contribution in [0.5, 0.6) is 0 Å². The number of hydrogen-bond acceptors (Lipinski definition) is 4. The first kappa shape index (κ1) is 10.3. The molecule has 4 nitrogen and oxygen atoms in total. The van der Waals surface area contributed by atoms with Crippen molar-refractivity contribution in [3.8, 4) is 0 Å². The molecule has 1 saturated heterocycles. The van der Waals surface area contributed by atoms with E-state index in [-0.39, 0.29) is 0 Å². The maximum atomic E-state index is 5.35. The lowest BCUT2D eigenvalue weighted by molar-refractivity contribution is 0.242. The molecule has 4 heteroatoms. The van der Waals surface area contributed by atoms with Crippen LogP contribution in [-0.4, -0.2) is 42.8 Å². The van der Waals surface area contributed by atoms with Gasteiger partial charge in [0.05, 0.1) is 5.69 Å². The zero-order valence-corrected chi connectivity index (χ0v) is 9.61. The third-order valence-electron chi connectivity index (χ3n) is 3.45. The molecule has 0 unspecified atom stereocenters. The predicted molar refractivity (Wildman–Crippen MR) is 61.5 cm³/mol. The van der Waals surface area contributed by atoms with Gasteiger partial charge in [-0.1, -0.05) is 5.16 Å². The molecule has 88 valence electrons. The highest BCUT2D eigenvalue weighted by Gasteiger charge is 2.27. The van der Waals surface area contributed by atoms with Gasteiger partial charge in [0.25, 0.3) is 0 Å². The highest BCUT2D eigenvalue weighted by molar-refractivity contribution is 5.14. The summed E-state index contributed by atoms with van der Waals surface area (Å²) >= 11 is 0. The Labute approximate surface area is 96.0 Å². The van der Waals surface area contributed by atoms with Crippen molar-refractivity contribution < 1.29 is 4.52 Å². The molecule has 3 rings (SSSR count). The van der Waals surface area contributed by atoms with E-state index in [1.54, 1.807) is 0 Å². The second-order valence-corrected chi connectivity index (χ2v) is 4.84. The normalized spacial score (nSPS) is 22.5. The van der Waals surface area contributed by atoms with Crippen LogP contribution >= 0.6 is 0 Å². The summed E-state index contributed by atoms with van der Waals surface area (Å²) in [6.07, 6.45) is 3.59. The summed E-state index contributed by atoms with van der Waals surface area (Å²) in [5, 5.41) is 7.51. The molecule has 0 amide bonds. The molecule has 1 aromatic heterocycles. The zero-order chi connectivity index (χ0) is 10.8. The lowest BCUT2D eigenvalue weighted by Gasteiger charge is -2.26. The summed E-state index contributed by atoms with van der Waals surface area (Å²) in [5.74, 6) is 1.79. The molecule has 0 aromatic carbocycles. The van der Waals surface area contributed by atoms with E-state index in [4.69, 9.17) is 4.52 Å². The van der Waals surface area contributed by atoms with Gasteiger partial charge in [-0.15, -0.1) is 0 Å². The first-order chi connectivity index (χ1) is 7.92. The Bertz CT molecular complexity index is 340. The summed E-state index contributed by atoms with van der Waals surface area (Å²) in [7, 11) is 0. The van der Waals surface area contributed by atoms with Crippen molar-refractivity contribution in [3.63, 3.8) is 0 Å². The van der Waals surface area contributed by atoms with Crippen LogP contribution in [0.3, 0.4) is 0 Å². The average Bonchev–Trinajstić information content (AvgIpc) is 3.08. The topological polar surface area (TPSA) is 41.3 Å². The number of rotatable bonds is 4. The molecule has 1 aromatic rings. The van der Waals surface area contributed by atoms with E-state index in [0.717, 1.165) is 50.6 Å². The van der Waals surface area contributed by atoms with E-state index in [9.17, 15) is 0 Å². The van der Waals surface area contributed by atoms with Gasteiger partial charge in [0, 0.05) is 51.1 Å². The summed E-state index contributed by atoms with van der Waals surface area (Å²) in [5.41, 5.74) is 1.13. The smallest absolute Gasteiger partial charge is 0.140 e. The minimum atomic E-state index is 0.681. The van der Waals surface area contributed by atoms with Crippen LogP contribution in [0.1, 0.15) is 30.2 Å². The Hall–Kier alpha value is -0.870. The van der Waals surface area contributed by atoms with Crippen molar-refractivity contribution in [1.29, 1.82) is 0 Å². The molecule has 1 aliphatic carbocycles. The van der Waals surface area contributed by atoms with E-state index >= 15 is 0 Å². The molecule has 1 N–H and O–H groups in total. The number of nitrogens with zero attached hydrogens (tertiary/aromatic N) is 2. The van der Waals surface area contributed by atoms with Crippen LogP contribution in [0.4, 0.5) is 0 Å². The Morgan fingerprint density at radius 3 is 2.94 bits per heavy atom. The standard InChI is InChI=1S/C12H19N3O/c1-2-10(1)12-9-11(14-16-12)3-6-15-7-4-13-5-8-15/h9-10,13H,1-8H2. The van der Waals surface area contributed by atoms with Crippen LogP contribution in [0.25, 0.3) is 0 Å². The van der Waals surface area contributed by atoms with E-state index in [0.29, 0.717) is 5.92 Å². The Balaban J connectivity index is 1.49. The average molecular weight is 221 g/mol. The molecule has 2 fully saturated rings. The monoisotopic (exact) mass is 221 g/mol. The first-order valence-electron chi connectivity index (χ1n) is 6.30. The third-order valence-corrected chi connectivity index (χ3v) is 3.45. The predicted octanol–water partition coefficient (Wildman–Crippen LogP) is 1.000. The Morgan fingerprint density at radius 1 is 1.38 bits per heavy atom. The van der Waals surface area contributed by atoms with Crippen LogP contribution in [-0.2, 0) is 6.42 Å². The first-order valence-corrected chi connectivity index (χ1v) is 6.30. The van der Waals surface area contributed by atoms with Gasteiger partial charge >= 0.3 is 0 Å². The lowest BCUT2D eigenvalue weighted by Crippen LogP contribution is -2.44. The molecule has 2 aliphatic rings. The minimum absolute atomic E-state index is 0.681. The van der Waals surface area contributed by atoms with Crippen LogP contribution < -0.4 is 5.32 Å². The highest BCUT2D eigenvalue weighted by Crippen LogP contribution is 2.40. The van der Waals surface area contributed by atoms with Gasteiger partial charge in [-0.05, 0) is 12.8 Å². The number of aromatic nitrogens is 1. The Morgan fingerprint density at radius 2 is 2.19 bits per heavy atom. The summed E-state index contributed by atoms with van der Waals surface area (Å²) in [4.78, 5) is 2.49. The summed E-state index contributed by atoms with van der Waals surface area (Å²) < 4.78 is 5.35. The molecule has 0 bridgehead atoms. The van der Waals surface area contributed by atoms with Crippen molar-refractivity contribution in [2.45, 2.75) is 25.2 Å². The van der Waals surface area contributed by atoms with Gasteiger partial charge in [0.2, 0.25) is 0 Å². The van der Waals surface area contributed by atoms with Gasteiger partial charge < -0.3 is 14.7 Å². The van der Waals surface area contributed by atoms with Crippen molar-refractivity contribution >= 4 is 0 Å². The second-order valence-electron chi connectivity index (χ2n) is 4.84. The molecule has 0 atom stereocenters. The van der Waals surface area contributed by atoms with Gasteiger partial charge in [0.1, 0.15) is 5.76 Å². The molecule has 1 aliphatic heterocycles. The second kappa shape index (κ2) is 4.55. The van der Waals surface area contributed by atoms with Gasteiger partial charge in [0.15, 0.2) is 0 Å².